The van der Waals surface area contributed by atoms with Crippen molar-refractivity contribution in [2.24, 2.45) is 0 Å². The van der Waals surface area contributed by atoms with Gasteiger partial charge in [0.25, 0.3) is 0 Å². The molecule has 1 N–H and O–H groups in total. The molecule has 0 radical (unpaired) electrons. The second-order valence-corrected chi connectivity index (χ2v) is 9.44. The molecule has 0 bridgehead atoms. The third kappa shape index (κ3) is 6.46. The predicted octanol–water partition coefficient (Wildman–Crippen LogP) is 3.61. The smallest absolute Gasteiger partial charge is 0.247 e. The number of hydrogen-bond acceptors (Lipinski definition) is 7. The number of pyridine rings is 1. The summed E-state index contributed by atoms with van der Waals surface area (Å²) in [5, 5.41) is 12.7. The van der Waals surface area contributed by atoms with Crippen LogP contribution in [0.1, 0.15) is 48.9 Å². The highest BCUT2D eigenvalue weighted by molar-refractivity contribution is 5.98. The Morgan fingerprint density at radius 3 is 2.78 bits per heavy atom. The third-order valence-electron chi connectivity index (χ3n) is 6.62. The number of nitriles is 1. The molecular formula is C28H33N5O4. The monoisotopic (exact) mass is 503 g/mol. The first kappa shape index (κ1) is 26.2. The van der Waals surface area contributed by atoms with Gasteiger partial charge in [0.1, 0.15) is 24.2 Å². The zero-order chi connectivity index (χ0) is 26.4. The summed E-state index contributed by atoms with van der Waals surface area (Å²) in [7, 11) is 1.59. The molecule has 1 aromatic carbocycles. The van der Waals surface area contributed by atoms with E-state index in [-0.39, 0.29) is 24.5 Å². The number of carbonyl (C=O) groups excluding carboxylic acids is 2. The van der Waals surface area contributed by atoms with Gasteiger partial charge in [-0.3, -0.25) is 9.59 Å². The zero-order valence-corrected chi connectivity index (χ0v) is 21.4. The molecule has 9 nitrogen and oxygen atoms in total. The number of nitrogens with one attached hydrogen (secondary N) is 1. The summed E-state index contributed by atoms with van der Waals surface area (Å²) >= 11 is 0. The fourth-order valence-corrected chi connectivity index (χ4v) is 4.53. The number of aromatic nitrogens is 1. The summed E-state index contributed by atoms with van der Waals surface area (Å²) in [6.07, 6.45) is 3.66. The van der Waals surface area contributed by atoms with Gasteiger partial charge in [-0.05, 0) is 43.5 Å². The molecule has 2 aliphatic rings. The molecule has 1 saturated heterocycles. The summed E-state index contributed by atoms with van der Waals surface area (Å²) in [5.74, 6) is 1.39. The van der Waals surface area contributed by atoms with Crippen molar-refractivity contribution in [2.45, 2.75) is 44.8 Å². The lowest BCUT2D eigenvalue weighted by atomic mass is 10.1. The molecule has 4 rings (SSSR count). The number of rotatable bonds is 10. The van der Waals surface area contributed by atoms with E-state index in [9.17, 15) is 14.9 Å². The van der Waals surface area contributed by atoms with Gasteiger partial charge in [-0.2, -0.15) is 5.26 Å². The van der Waals surface area contributed by atoms with Gasteiger partial charge in [0.2, 0.25) is 11.8 Å². The Kier molecular flexibility index (Phi) is 8.41. The lowest BCUT2D eigenvalue weighted by molar-refractivity contribution is -0.134. The van der Waals surface area contributed by atoms with Crippen molar-refractivity contribution >= 4 is 23.3 Å². The molecule has 2 aromatic rings. The van der Waals surface area contributed by atoms with Gasteiger partial charge in [-0.1, -0.05) is 18.7 Å². The second-order valence-electron chi connectivity index (χ2n) is 9.44. The van der Waals surface area contributed by atoms with E-state index in [1.165, 1.54) is 6.08 Å². The van der Waals surface area contributed by atoms with Crippen LogP contribution >= 0.6 is 0 Å². The number of benzene rings is 1. The Balaban J connectivity index is 1.50. The van der Waals surface area contributed by atoms with Gasteiger partial charge in [0, 0.05) is 50.5 Å². The van der Waals surface area contributed by atoms with Gasteiger partial charge >= 0.3 is 0 Å². The number of methoxy groups -OCH3 is 1. The van der Waals surface area contributed by atoms with Crippen LogP contribution < -0.4 is 15.0 Å². The first-order valence-electron chi connectivity index (χ1n) is 12.6. The van der Waals surface area contributed by atoms with Gasteiger partial charge < -0.3 is 24.6 Å². The van der Waals surface area contributed by atoms with Gasteiger partial charge in [-0.25, -0.2) is 4.98 Å². The highest BCUT2D eigenvalue weighted by Gasteiger charge is 2.33. The molecule has 2 fully saturated rings. The Bertz CT molecular complexity index is 1200. The molecule has 0 unspecified atom stereocenters. The molecule has 2 amide bonds. The molecule has 0 spiro atoms. The maximum absolute atomic E-state index is 12.5. The average Bonchev–Trinajstić information content (AvgIpc) is 3.75. The lowest BCUT2D eigenvalue weighted by Gasteiger charge is -2.40. The standard InChI is InChI=1S/C28H33N5O4/c1-4-25(34)30-23-7-5-6-20(14-23)18-37-24-15-22(16-29)28(31-27(24)21-8-9-21)32-11-12-33(19(2)17-32)26(35)10-13-36-3/h4-7,14-15,19,21H,1,8-13,17-18H2,2-3H3,(H,30,34)/t19-/m1/s1. The molecule has 1 aromatic heterocycles. The quantitative estimate of drug-likeness (QED) is 0.494. The first-order chi connectivity index (χ1) is 17.9. The van der Waals surface area contributed by atoms with Crippen LogP contribution in [-0.4, -0.2) is 61.1 Å². The molecule has 1 aliphatic heterocycles. The van der Waals surface area contributed by atoms with Crippen molar-refractivity contribution in [3.63, 3.8) is 0 Å². The first-order valence-corrected chi connectivity index (χ1v) is 12.6. The fraction of sp³-hybridized carbons (Fsp3) is 0.429. The SMILES string of the molecule is C=CC(=O)Nc1cccc(COc2cc(C#N)c(N3CCN(C(=O)CCOC)[C@H](C)C3)nc2C2CC2)c1. The maximum Gasteiger partial charge on any atom is 0.247 e. The van der Waals surface area contributed by atoms with Gasteiger partial charge in [0.15, 0.2) is 0 Å². The van der Waals surface area contributed by atoms with Crippen LogP contribution in [0.15, 0.2) is 43.0 Å². The fourth-order valence-electron chi connectivity index (χ4n) is 4.53. The third-order valence-corrected chi connectivity index (χ3v) is 6.62. The minimum absolute atomic E-state index is 0.000563. The number of nitrogens with zero attached hydrogens (tertiary/aromatic N) is 4. The van der Waals surface area contributed by atoms with E-state index < -0.39 is 0 Å². The molecule has 1 saturated carbocycles. The molecule has 2 heterocycles. The van der Waals surface area contributed by atoms with Crippen molar-refractivity contribution < 1.29 is 19.1 Å². The van der Waals surface area contributed by atoms with E-state index in [1.54, 1.807) is 19.2 Å². The zero-order valence-electron chi connectivity index (χ0n) is 21.4. The van der Waals surface area contributed by atoms with Crippen LogP contribution in [0.2, 0.25) is 0 Å². The highest BCUT2D eigenvalue weighted by atomic mass is 16.5. The number of hydrogen-bond donors (Lipinski definition) is 1. The van der Waals surface area contributed by atoms with Gasteiger partial charge in [0.05, 0.1) is 24.3 Å². The Morgan fingerprint density at radius 1 is 1.30 bits per heavy atom. The lowest BCUT2D eigenvalue weighted by Crippen LogP contribution is -2.54. The van der Waals surface area contributed by atoms with Crippen LogP contribution in [0.5, 0.6) is 5.75 Å². The van der Waals surface area contributed by atoms with Crippen LogP contribution in [-0.2, 0) is 20.9 Å². The van der Waals surface area contributed by atoms with Crippen molar-refractivity contribution in [3.8, 4) is 11.8 Å². The van der Waals surface area contributed by atoms with Crippen LogP contribution in [0.3, 0.4) is 0 Å². The summed E-state index contributed by atoms with van der Waals surface area (Å²) < 4.78 is 11.2. The second kappa shape index (κ2) is 11.9. The molecule has 37 heavy (non-hydrogen) atoms. The van der Waals surface area contributed by atoms with E-state index in [0.717, 1.165) is 24.1 Å². The molecule has 1 aliphatic carbocycles. The summed E-state index contributed by atoms with van der Waals surface area (Å²) in [5.41, 5.74) is 2.87. The van der Waals surface area contributed by atoms with Crippen molar-refractivity contribution in [1.82, 2.24) is 9.88 Å². The molecule has 1 atom stereocenters. The number of ether oxygens (including phenoxy) is 2. The molecular weight excluding hydrogens is 470 g/mol. The average molecular weight is 504 g/mol. The summed E-state index contributed by atoms with van der Waals surface area (Å²) in [4.78, 5) is 33.1. The van der Waals surface area contributed by atoms with E-state index in [2.05, 4.69) is 22.9 Å². The maximum atomic E-state index is 12.5. The predicted molar refractivity (Wildman–Crippen MR) is 140 cm³/mol. The Morgan fingerprint density at radius 2 is 2.11 bits per heavy atom. The summed E-state index contributed by atoms with van der Waals surface area (Å²) in [6.45, 7) is 7.98. The van der Waals surface area contributed by atoms with Crippen LogP contribution in [0, 0.1) is 11.3 Å². The number of amides is 2. The highest BCUT2D eigenvalue weighted by Crippen LogP contribution is 2.45. The number of carbonyl (C=O) groups is 2. The van der Waals surface area contributed by atoms with Crippen LogP contribution in [0.4, 0.5) is 11.5 Å². The van der Waals surface area contributed by atoms with Crippen molar-refractivity contribution in [2.75, 3.05) is 43.6 Å². The van der Waals surface area contributed by atoms with Crippen LogP contribution in [0.25, 0.3) is 0 Å². The van der Waals surface area contributed by atoms with E-state index in [4.69, 9.17) is 14.5 Å². The minimum Gasteiger partial charge on any atom is -0.487 e. The van der Waals surface area contributed by atoms with E-state index in [1.807, 2.05) is 30.0 Å². The van der Waals surface area contributed by atoms with Crippen molar-refractivity contribution in [1.29, 1.82) is 5.26 Å². The normalized spacial score (nSPS) is 17.2. The number of anilines is 2. The molecule has 194 valence electrons. The Hall–Kier alpha value is -3.90. The van der Waals surface area contributed by atoms with Crippen molar-refractivity contribution in [3.05, 3.63) is 59.8 Å². The minimum atomic E-state index is -0.276. The Labute approximate surface area is 217 Å². The topological polar surface area (TPSA) is 108 Å². The van der Waals surface area contributed by atoms with E-state index in [0.29, 0.717) is 61.4 Å². The number of piperazine rings is 1. The molecule has 9 heteroatoms. The largest absolute Gasteiger partial charge is 0.487 e. The van der Waals surface area contributed by atoms with E-state index >= 15 is 0 Å². The summed E-state index contributed by atoms with van der Waals surface area (Å²) in [6, 6.07) is 11.5. The van der Waals surface area contributed by atoms with Gasteiger partial charge in [-0.15, -0.1) is 0 Å².